The fourth-order valence-electron chi connectivity index (χ4n) is 10.6. The van der Waals surface area contributed by atoms with Gasteiger partial charge in [0.05, 0.1) is 28.5 Å². The lowest BCUT2D eigenvalue weighted by molar-refractivity contribution is -0.225. The number of cyclic esters (lactones) is 1. The molecule has 1 N–H and O–H groups in total. The van der Waals surface area contributed by atoms with Crippen LogP contribution in [0.25, 0.3) is 0 Å². The predicted octanol–water partition coefficient (Wildman–Crippen LogP) is 8.51. The number of aliphatic hydroxyl groups is 1. The van der Waals surface area contributed by atoms with Gasteiger partial charge >= 0.3 is 23.9 Å². The van der Waals surface area contributed by atoms with E-state index < -0.39 is 28.5 Å². The first-order valence-corrected chi connectivity index (χ1v) is 20.7. The zero-order valence-corrected chi connectivity index (χ0v) is 34.1. The van der Waals surface area contributed by atoms with E-state index in [9.17, 15) is 24.3 Å². The third kappa shape index (κ3) is 8.54. The maximum Gasteiger partial charge on any atom is 0.347 e. The summed E-state index contributed by atoms with van der Waals surface area (Å²) < 4.78 is 21.9. The summed E-state index contributed by atoms with van der Waals surface area (Å²) in [5, 5.41) is 10.6. The van der Waals surface area contributed by atoms with Gasteiger partial charge in [0.15, 0.2) is 0 Å². The average molecular weight is 731 g/mol. The minimum Gasteiger partial charge on any atom is -0.463 e. The summed E-state index contributed by atoms with van der Waals surface area (Å²) in [5.41, 5.74) is -2.29. The Labute approximate surface area is 313 Å². The van der Waals surface area contributed by atoms with Crippen LogP contribution in [0.3, 0.4) is 0 Å². The normalized spacial score (nSPS) is 38.4. The number of hydrogen-bond acceptors (Lipinski definition) is 9. The molecule has 9 heteroatoms. The van der Waals surface area contributed by atoms with Gasteiger partial charge in [0.1, 0.15) is 11.2 Å². The average Bonchev–Trinajstić information content (AvgIpc) is 3.45. The molecule has 8 aliphatic carbocycles. The summed E-state index contributed by atoms with van der Waals surface area (Å²) in [6.45, 7) is 20.2. The lowest BCUT2D eigenvalue weighted by Crippen LogP contribution is -2.61. The van der Waals surface area contributed by atoms with Crippen molar-refractivity contribution >= 4 is 23.9 Å². The van der Waals surface area contributed by atoms with E-state index in [-0.39, 0.29) is 34.5 Å². The van der Waals surface area contributed by atoms with Crippen LogP contribution in [0.15, 0.2) is 0 Å². The summed E-state index contributed by atoms with van der Waals surface area (Å²) in [6.07, 6.45) is 14.2. The topological polar surface area (TPSA) is 125 Å². The maximum atomic E-state index is 12.5. The Morgan fingerprint density at radius 3 is 1.65 bits per heavy atom. The molecular weight excluding hydrogens is 660 g/mol. The molecule has 1 heterocycles. The Hall–Kier alpha value is -2.16. The minimum atomic E-state index is -0.687. The highest BCUT2D eigenvalue weighted by Gasteiger charge is 2.60. The Balaban J connectivity index is 0.000000153. The molecule has 6 unspecified atom stereocenters. The third-order valence-electron chi connectivity index (χ3n) is 14.8. The molecule has 0 spiro atoms. The second-order valence-electron chi connectivity index (χ2n) is 20.2. The van der Waals surface area contributed by atoms with Crippen LogP contribution in [0, 0.1) is 51.8 Å². The summed E-state index contributed by atoms with van der Waals surface area (Å²) >= 11 is 0. The quantitative estimate of drug-likeness (QED) is 0.184. The van der Waals surface area contributed by atoms with Gasteiger partial charge in [-0.2, -0.15) is 0 Å². The van der Waals surface area contributed by atoms with E-state index >= 15 is 0 Å². The number of rotatable bonds is 9. The molecule has 9 aliphatic rings. The van der Waals surface area contributed by atoms with Gasteiger partial charge < -0.3 is 24.1 Å². The van der Waals surface area contributed by atoms with E-state index in [0.29, 0.717) is 43.6 Å². The number of hydrogen-bond donors (Lipinski definition) is 1. The van der Waals surface area contributed by atoms with Crippen LogP contribution in [0.1, 0.15) is 166 Å². The van der Waals surface area contributed by atoms with Crippen molar-refractivity contribution in [3.63, 3.8) is 0 Å². The van der Waals surface area contributed by atoms with E-state index in [1.165, 1.54) is 25.7 Å². The molecule has 8 bridgehead atoms. The number of carbonyl (C=O) groups excluding carboxylic acids is 4. The van der Waals surface area contributed by atoms with E-state index in [0.717, 1.165) is 69.1 Å². The molecule has 1 aliphatic heterocycles. The summed E-state index contributed by atoms with van der Waals surface area (Å²) in [4.78, 5) is 47.5. The monoisotopic (exact) mass is 731 g/mol. The lowest BCUT2D eigenvalue weighted by Gasteiger charge is -2.59. The first-order valence-electron chi connectivity index (χ1n) is 20.7. The van der Waals surface area contributed by atoms with Crippen LogP contribution in [-0.2, 0) is 38.1 Å². The van der Waals surface area contributed by atoms with Crippen LogP contribution in [0.4, 0.5) is 0 Å². The Kier molecular flexibility index (Phi) is 11.7. The smallest absolute Gasteiger partial charge is 0.347 e. The zero-order chi connectivity index (χ0) is 38.5. The summed E-state index contributed by atoms with van der Waals surface area (Å²) in [7, 11) is 0. The van der Waals surface area contributed by atoms with Gasteiger partial charge in [-0.1, -0.05) is 27.7 Å². The van der Waals surface area contributed by atoms with Crippen molar-refractivity contribution in [1.29, 1.82) is 0 Å². The van der Waals surface area contributed by atoms with Crippen molar-refractivity contribution in [2.75, 3.05) is 6.61 Å². The first-order chi connectivity index (χ1) is 24.1. The Morgan fingerprint density at radius 2 is 1.19 bits per heavy atom. The first kappa shape index (κ1) is 41.0. The van der Waals surface area contributed by atoms with Crippen molar-refractivity contribution in [1.82, 2.24) is 0 Å². The highest BCUT2D eigenvalue weighted by molar-refractivity contribution is 5.82. The van der Waals surface area contributed by atoms with Gasteiger partial charge in [0, 0.05) is 12.8 Å². The molecule has 0 amide bonds. The van der Waals surface area contributed by atoms with Crippen molar-refractivity contribution < 1.29 is 43.2 Å². The second kappa shape index (κ2) is 14.8. The van der Waals surface area contributed by atoms with Crippen molar-refractivity contribution in [2.45, 2.75) is 188 Å². The number of esters is 4. The van der Waals surface area contributed by atoms with E-state index in [4.69, 9.17) is 18.9 Å². The van der Waals surface area contributed by atoms with Crippen molar-refractivity contribution in [3.05, 3.63) is 0 Å². The van der Waals surface area contributed by atoms with Crippen LogP contribution in [0.5, 0.6) is 0 Å². The predicted molar refractivity (Wildman–Crippen MR) is 198 cm³/mol. The molecule has 9 rings (SSSR count). The van der Waals surface area contributed by atoms with Gasteiger partial charge in [-0.3, -0.25) is 14.4 Å². The van der Waals surface area contributed by atoms with Crippen LogP contribution < -0.4 is 0 Å². The molecule has 8 saturated carbocycles. The molecular formula is C43H70O9. The van der Waals surface area contributed by atoms with Gasteiger partial charge in [-0.15, -0.1) is 0 Å². The molecule has 0 aromatic heterocycles. The lowest BCUT2D eigenvalue weighted by atomic mass is 9.50. The molecule has 9 fully saturated rings. The van der Waals surface area contributed by atoms with Gasteiger partial charge in [-0.25, -0.2) is 4.79 Å². The van der Waals surface area contributed by atoms with Crippen LogP contribution in [0.2, 0.25) is 0 Å². The summed E-state index contributed by atoms with van der Waals surface area (Å²) in [5.74, 6) is 3.34. The highest BCUT2D eigenvalue weighted by atomic mass is 16.6. The fraction of sp³-hybridized carbons (Fsp3) is 0.907. The Bertz CT molecular complexity index is 1320. The molecule has 52 heavy (non-hydrogen) atoms. The zero-order valence-electron chi connectivity index (χ0n) is 34.1. The molecule has 0 aromatic rings. The molecule has 0 aromatic carbocycles. The van der Waals surface area contributed by atoms with Crippen molar-refractivity contribution in [2.24, 2.45) is 51.8 Å². The summed E-state index contributed by atoms with van der Waals surface area (Å²) in [6, 6.07) is 0. The van der Waals surface area contributed by atoms with E-state index in [2.05, 4.69) is 13.8 Å². The SMILES string of the molecule is CCC(C)(C)C(=O)OC12CC3CC(CC(C3)C1C)C2.CCC(C)(C)C(=O)OC12CC3CC(CC(O)(C3)C1)C2.CCC(C)(C)C(=O)OC1CCOC1=O. The minimum absolute atomic E-state index is 0.0313. The standard InChI is InChI=1S/C17H28O2.C16H26O3.C10H16O4/c1-5-16(3,4)15(18)19-17-9-12-6-13(10-17)8-14(7-12)11(17)2;1-4-14(2,3)13(17)19-16-8-11-5-12(9-16)7-15(18,6-11)10-16;1-4-10(2,3)9(12)14-7-5-6-13-8(7)11/h11-14H,5-10H2,1-4H3;11-12,18H,4-10H2,1-3H3;7H,4-6H2,1-3H3. The highest BCUT2D eigenvalue weighted by Crippen LogP contribution is 2.61. The molecule has 9 nitrogen and oxygen atoms in total. The van der Waals surface area contributed by atoms with E-state index in [1.807, 2.05) is 41.5 Å². The van der Waals surface area contributed by atoms with Gasteiger partial charge in [0.25, 0.3) is 0 Å². The fourth-order valence-corrected chi connectivity index (χ4v) is 10.6. The molecule has 0 radical (unpaired) electrons. The number of ether oxygens (including phenoxy) is 4. The van der Waals surface area contributed by atoms with Crippen LogP contribution in [-0.4, -0.2) is 58.5 Å². The number of carbonyl (C=O) groups is 4. The largest absolute Gasteiger partial charge is 0.463 e. The van der Waals surface area contributed by atoms with Gasteiger partial charge in [0.2, 0.25) is 6.10 Å². The second-order valence-corrected chi connectivity index (χ2v) is 20.2. The molecule has 6 atom stereocenters. The molecule has 296 valence electrons. The van der Waals surface area contributed by atoms with Gasteiger partial charge in [-0.05, 0) is 161 Å². The third-order valence-corrected chi connectivity index (χ3v) is 14.8. The van der Waals surface area contributed by atoms with Crippen molar-refractivity contribution in [3.8, 4) is 0 Å². The van der Waals surface area contributed by atoms with E-state index in [1.54, 1.807) is 13.8 Å². The Morgan fingerprint density at radius 1 is 0.712 bits per heavy atom. The van der Waals surface area contributed by atoms with Crippen LogP contribution >= 0.6 is 0 Å². The maximum absolute atomic E-state index is 12.5. The molecule has 1 saturated heterocycles.